The fourth-order valence-corrected chi connectivity index (χ4v) is 3.79. The van der Waals surface area contributed by atoms with Crippen LogP contribution in [-0.4, -0.2) is 51.3 Å². The van der Waals surface area contributed by atoms with Gasteiger partial charge in [0.2, 0.25) is 15.9 Å². The Hall–Kier alpha value is -1.58. The van der Waals surface area contributed by atoms with Crippen molar-refractivity contribution >= 4 is 21.6 Å². The van der Waals surface area contributed by atoms with E-state index in [9.17, 15) is 22.0 Å². The number of carbonyl (C=O) groups is 1. The molecule has 132 valence electrons. The lowest BCUT2D eigenvalue weighted by Gasteiger charge is -2.31. The van der Waals surface area contributed by atoms with Gasteiger partial charge in [0.25, 0.3) is 5.92 Å². The van der Waals surface area contributed by atoms with E-state index in [-0.39, 0.29) is 30.3 Å². The van der Waals surface area contributed by atoms with Gasteiger partial charge in [0.05, 0.1) is 18.0 Å². The fourth-order valence-electron chi connectivity index (χ4n) is 3.23. The average molecular weight is 359 g/mol. The van der Waals surface area contributed by atoms with Crippen molar-refractivity contribution in [1.29, 1.82) is 0 Å². The van der Waals surface area contributed by atoms with Crippen molar-refractivity contribution in [2.75, 3.05) is 31.1 Å². The standard InChI is InChI=1S/C15H19F2N3O3S/c16-15(17)5-7-19(10-15)9-14(21)20-6-1-2-11-8-12(24(18,22)23)3-4-13(11)20/h3-4,8H,1-2,5-7,9-10H2,(H2,18,22,23). The van der Waals surface area contributed by atoms with Gasteiger partial charge in [-0.2, -0.15) is 0 Å². The van der Waals surface area contributed by atoms with Crippen LogP contribution in [0, 0.1) is 0 Å². The van der Waals surface area contributed by atoms with Crippen molar-refractivity contribution in [3.05, 3.63) is 23.8 Å². The zero-order chi connectivity index (χ0) is 17.5. The number of benzene rings is 1. The number of alkyl halides is 2. The van der Waals surface area contributed by atoms with Gasteiger partial charge in [-0.25, -0.2) is 22.3 Å². The molecule has 1 amide bonds. The third-order valence-electron chi connectivity index (χ3n) is 4.41. The number of hydrogen-bond donors (Lipinski definition) is 1. The summed E-state index contributed by atoms with van der Waals surface area (Å²) in [6.07, 6.45) is 1.10. The number of likely N-dealkylation sites (tertiary alicyclic amines) is 1. The van der Waals surface area contributed by atoms with Crippen LogP contribution in [0.25, 0.3) is 0 Å². The molecule has 0 radical (unpaired) electrons. The maximum atomic E-state index is 13.2. The zero-order valence-electron chi connectivity index (χ0n) is 13.0. The van der Waals surface area contributed by atoms with Crippen LogP contribution in [0.15, 0.2) is 23.1 Å². The van der Waals surface area contributed by atoms with E-state index in [1.807, 2.05) is 0 Å². The molecule has 6 nitrogen and oxygen atoms in total. The van der Waals surface area contributed by atoms with E-state index in [2.05, 4.69) is 0 Å². The van der Waals surface area contributed by atoms with Gasteiger partial charge >= 0.3 is 0 Å². The number of aryl methyl sites for hydroxylation is 1. The van der Waals surface area contributed by atoms with Gasteiger partial charge in [0.15, 0.2) is 0 Å². The molecule has 9 heteroatoms. The third-order valence-corrected chi connectivity index (χ3v) is 5.32. The number of rotatable bonds is 3. The van der Waals surface area contributed by atoms with Crippen molar-refractivity contribution in [3.8, 4) is 0 Å². The molecule has 2 aliphatic rings. The quantitative estimate of drug-likeness (QED) is 0.871. The van der Waals surface area contributed by atoms with Gasteiger partial charge in [-0.05, 0) is 36.6 Å². The molecule has 1 aromatic rings. The van der Waals surface area contributed by atoms with Gasteiger partial charge in [-0.1, -0.05) is 0 Å². The average Bonchev–Trinajstić information content (AvgIpc) is 2.84. The van der Waals surface area contributed by atoms with Gasteiger partial charge in [-0.15, -0.1) is 0 Å². The molecule has 0 atom stereocenters. The summed E-state index contributed by atoms with van der Waals surface area (Å²) in [5.74, 6) is -2.98. The second-order valence-electron chi connectivity index (χ2n) is 6.30. The Bertz CT molecular complexity index is 767. The molecule has 0 aliphatic carbocycles. The van der Waals surface area contributed by atoms with E-state index < -0.39 is 22.5 Å². The largest absolute Gasteiger partial charge is 0.311 e. The molecule has 2 N–H and O–H groups in total. The molecule has 0 spiro atoms. The first-order valence-corrected chi connectivity index (χ1v) is 9.27. The number of nitrogens with zero attached hydrogens (tertiary/aromatic N) is 2. The molecule has 2 aliphatic heterocycles. The van der Waals surface area contributed by atoms with E-state index in [4.69, 9.17) is 5.14 Å². The van der Waals surface area contributed by atoms with Gasteiger partial charge < -0.3 is 4.90 Å². The Morgan fingerprint density at radius 3 is 2.67 bits per heavy atom. The molecule has 0 saturated carbocycles. The predicted octanol–water partition coefficient (Wildman–Crippen LogP) is 0.954. The molecular weight excluding hydrogens is 340 g/mol. The van der Waals surface area contributed by atoms with Crippen molar-refractivity contribution in [2.45, 2.75) is 30.1 Å². The number of halogens is 2. The summed E-state index contributed by atoms with van der Waals surface area (Å²) in [7, 11) is -3.80. The number of primary sulfonamides is 1. The van der Waals surface area contributed by atoms with Crippen LogP contribution in [0.1, 0.15) is 18.4 Å². The highest BCUT2D eigenvalue weighted by Crippen LogP contribution is 2.30. The molecule has 0 unspecified atom stereocenters. The number of hydrogen-bond acceptors (Lipinski definition) is 4. The van der Waals surface area contributed by atoms with Crippen LogP contribution in [0.5, 0.6) is 0 Å². The Morgan fingerprint density at radius 2 is 2.04 bits per heavy atom. The molecule has 2 heterocycles. The summed E-state index contributed by atoms with van der Waals surface area (Å²) in [5, 5.41) is 5.13. The molecule has 1 saturated heterocycles. The minimum atomic E-state index is -3.80. The van der Waals surface area contributed by atoms with Crippen LogP contribution in [0.2, 0.25) is 0 Å². The third kappa shape index (κ3) is 3.57. The Balaban J connectivity index is 1.78. The van der Waals surface area contributed by atoms with Gasteiger partial charge in [0.1, 0.15) is 0 Å². The van der Waals surface area contributed by atoms with Crippen molar-refractivity contribution < 1.29 is 22.0 Å². The number of amides is 1. The van der Waals surface area contributed by atoms with E-state index in [1.54, 1.807) is 11.0 Å². The fraction of sp³-hybridized carbons (Fsp3) is 0.533. The topological polar surface area (TPSA) is 83.7 Å². The minimum absolute atomic E-state index is 0.00901. The zero-order valence-corrected chi connectivity index (χ0v) is 13.9. The maximum absolute atomic E-state index is 13.2. The monoisotopic (exact) mass is 359 g/mol. The molecule has 0 bridgehead atoms. The summed E-state index contributed by atoms with van der Waals surface area (Å²) in [4.78, 5) is 15.5. The summed E-state index contributed by atoms with van der Waals surface area (Å²) in [6.45, 7) is 0.227. The van der Waals surface area contributed by atoms with Crippen LogP contribution >= 0.6 is 0 Å². The van der Waals surface area contributed by atoms with E-state index in [0.717, 1.165) is 5.56 Å². The lowest BCUT2D eigenvalue weighted by molar-refractivity contribution is -0.119. The number of sulfonamides is 1. The lowest BCUT2D eigenvalue weighted by atomic mass is 10.0. The Labute approximate surface area is 139 Å². The molecular formula is C15H19F2N3O3S. The second kappa shape index (κ2) is 6.05. The Kier molecular flexibility index (Phi) is 4.35. The number of carbonyl (C=O) groups excluding carboxylic acids is 1. The number of nitrogens with two attached hydrogens (primary N) is 1. The van der Waals surface area contributed by atoms with Gasteiger partial charge in [0, 0.05) is 25.2 Å². The van der Waals surface area contributed by atoms with Crippen molar-refractivity contribution in [2.24, 2.45) is 5.14 Å². The first-order chi connectivity index (χ1) is 11.2. The molecule has 1 aromatic carbocycles. The van der Waals surface area contributed by atoms with Crippen LogP contribution in [-0.2, 0) is 21.2 Å². The summed E-state index contributed by atoms with van der Waals surface area (Å²) in [6, 6.07) is 4.41. The molecule has 24 heavy (non-hydrogen) atoms. The normalized spacial score (nSPS) is 20.9. The highest BCUT2D eigenvalue weighted by atomic mass is 32.2. The Morgan fingerprint density at radius 1 is 1.29 bits per heavy atom. The van der Waals surface area contributed by atoms with Crippen LogP contribution < -0.4 is 10.0 Å². The highest BCUT2D eigenvalue weighted by molar-refractivity contribution is 7.89. The maximum Gasteiger partial charge on any atom is 0.261 e. The summed E-state index contributed by atoms with van der Waals surface area (Å²) in [5.41, 5.74) is 1.36. The number of anilines is 1. The highest BCUT2D eigenvalue weighted by Gasteiger charge is 2.39. The van der Waals surface area contributed by atoms with E-state index >= 15 is 0 Å². The molecule has 1 fully saturated rings. The summed E-state index contributed by atoms with van der Waals surface area (Å²) < 4.78 is 49.4. The van der Waals surface area contributed by atoms with Gasteiger partial charge in [-0.3, -0.25) is 9.69 Å². The van der Waals surface area contributed by atoms with Crippen molar-refractivity contribution in [3.63, 3.8) is 0 Å². The predicted molar refractivity (Wildman–Crippen MR) is 84.5 cm³/mol. The van der Waals surface area contributed by atoms with Crippen LogP contribution in [0.3, 0.4) is 0 Å². The SMILES string of the molecule is NS(=O)(=O)c1ccc2c(c1)CCCN2C(=O)CN1CCC(F)(F)C1. The first-order valence-electron chi connectivity index (χ1n) is 7.72. The second-order valence-corrected chi connectivity index (χ2v) is 7.86. The minimum Gasteiger partial charge on any atom is -0.311 e. The molecule has 0 aromatic heterocycles. The van der Waals surface area contributed by atoms with E-state index in [1.165, 1.54) is 17.0 Å². The first kappa shape index (κ1) is 17.2. The van der Waals surface area contributed by atoms with E-state index in [0.29, 0.717) is 25.1 Å². The van der Waals surface area contributed by atoms with Crippen molar-refractivity contribution in [1.82, 2.24) is 4.90 Å². The number of fused-ring (bicyclic) bond motifs is 1. The smallest absolute Gasteiger partial charge is 0.261 e. The van der Waals surface area contributed by atoms with Crippen LogP contribution in [0.4, 0.5) is 14.5 Å². The summed E-state index contributed by atoms with van der Waals surface area (Å²) >= 11 is 0. The molecule has 3 rings (SSSR count). The lowest BCUT2D eigenvalue weighted by Crippen LogP contribution is -2.42.